The van der Waals surface area contributed by atoms with Gasteiger partial charge in [-0.2, -0.15) is 0 Å². The van der Waals surface area contributed by atoms with Crippen LogP contribution in [-0.2, 0) is 0 Å². The molecule has 3 rings (SSSR count). The molecule has 0 amide bonds. The quantitative estimate of drug-likeness (QED) is 0.393. The first kappa shape index (κ1) is 16.3. The van der Waals surface area contributed by atoms with Gasteiger partial charge >= 0.3 is 0 Å². The van der Waals surface area contributed by atoms with Gasteiger partial charge in [-0.15, -0.1) is 11.6 Å². The van der Waals surface area contributed by atoms with Crippen molar-refractivity contribution in [3.63, 3.8) is 0 Å². The van der Waals surface area contributed by atoms with Crippen molar-refractivity contribution < 1.29 is 4.42 Å². The van der Waals surface area contributed by atoms with Crippen molar-refractivity contribution in [2.24, 2.45) is 0 Å². The average molecular weight is 319 g/mol. The Hall–Kier alpha value is -2.07. The minimum Gasteiger partial charge on any atom is -0.452 e. The number of fused-ring (bicyclic) bond motifs is 2. The van der Waals surface area contributed by atoms with Crippen LogP contribution in [0, 0.1) is 0 Å². The van der Waals surface area contributed by atoms with Gasteiger partial charge in [-0.3, -0.25) is 0 Å². The van der Waals surface area contributed by atoms with Gasteiger partial charge in [-0.05, 0) is 18.2 Å². The summed E-state index contributed by atoms with van der Waals surface area (Å²) in [5, 5.41) is 1.10. The standard InChI is InChI=1S/C16H18N3O.CH3Cl/c1-18(2)11-5-7-13-15(9-11)20-16-10-12(19(3)4)6-8-14(16)17-13;1-2/h5-10H,1-4H3;1H3/q+1;. The Kier molecular flexibility index (Phi) is 5.03. The molecular weight excluding hydrogens is 298 g/mol. The zero-order chi connectivity index (χ0) is 16.3. The molecule has 0 radical (unpaired) electrons. The van der Waals surface area contributed by atoms with Gasteiger partial charge in [0, 0.05) is 38.3 Å². The zero-order valence-electron chi connectivity index (χ0n) is 13.6. The van der Waals surface area contributed by atoms with Gasteiger partial charge in [-0.25, -0.2) is 9.56 Å². The molecule has 2 aliphatic rings. The van der Waals surface area contributed by atoms with Gasteiger partial charge in [0.05, 0.1) is 6.07 Å². The topological polar surface area (TPSA) is 32.3 Å². The Bertz CT molecular complexity index is 820. The number of rotatable bonds is 1. The van der Waals surface area contributed by atoms with Crippen LogP contribution in [0.3, 0.4) is 0 Å². The summed E-state index contributed by atoms with van der Waals surface area (Å²) in [5.41, 5.74) is 3.66. The largest absolute Gasteiger partial charge is 0.452 e. The van der Waals surface area contributed by atoms with Crippen molar-refractivity contribution in [1.29, 1.82) is 0 Å². The SMILES string of the molecule is CCl.CN(C)c1ccc2nc3ccc(=[N+](C)C)cc-3oc2c1. The van der Waals surface area contributed by atoms with Crippen molar-refractivity contribution in [2.75, 3.05) is 39.5 Å². The number of aromatic nitrogens is 1. The predicted molar refractivity (Wildman–Crippen MR) is 93.9 cm³/mol. The second kappa shape index (κ2) is 6.79. The van der Waals surface area contributed by atoms with Crippen LogP contribution in [0.15, 0.2) is 40.8 Å². The van der Waals surface area contributed by atoms with Crippen molar-refractivity contribution in [2.45, 2.75) is 0 Å². The molecule has 22 heavy (non-hydrogen) atoms. The van der Waals surface area contributed by atoms with E-state index in [-0.39, 0.29) is 0 Å². The fraction of sp³-hybridized carbons (Fsp3) is 0.294. The maximum atomic E-state index is 6.01. The highest BCUT2D eigenvalue weighted by atomic mass is 35.5. The Morgan fingerprint density at radius 3 is 2.41 bits per heavy atom. The normalized spacial score (nSPS) is 10.3. The molecule has 1 aliphatic heterocycles. The van der Waals surface area contributed by atoms with Crippen LogP contribution in [0.2, 0.25) is 0 Å². The molecule has 0 aromatic heterocycles. The Labute approximate surface area is 135 Å². The van der Waals surface area contributed by atoms with Crippen LogP contribution in [0.1, 0.15) is 0 Å². The monoisotopic (exact) mass is 318 g/mol. The first-order valence-electron chi connectivity index (χ1n) is 6.95. The van der Waals surface area contributed by atoms with Gasteiger partial charge in [0.2, 0.25) is 5.36 Å². The highest BCUT2D eigenvalue weighted by Gasteiger charge is 2.11. The fourth-order valence-corrected chi connectivity index (χ4v) is 2.16. The summed E-state index contributed by atoms with van der Waals surface area (Å²) in [6.45, 7) is 0. The van der Waals surface area contributed by atoms with Crippen LogP contribution >= 0.6 is 11.6 Å². The lowest BCUT2D eigenvalue weighted by Crippen LogP contribution is -2.21. The Balaban J connectivity index is 0.000000847. The van der Waals surface area contributed by atoms with E-state index >= 15 is 0 Å². The molecular formula is C17H21ClN3O+. The van der Waals surface area contributed by atoms with E-state index in [0.29, 0.717) is 0 Å². The lowest BCUT2D eigenvalue weighted by atomic mass is 10.2. The molecule has 0 spiro atoms. The molecule has 5 heteroatoms. The highest BCUT2D eigenvalue weighted by Crippen LogP contribution is 2.26. The Morgan fingerprint density at radius 1 is 1.05 bits per heavy atom. The predicted octanol–water partition coefficient (Wildman–Crippen LogP) is 2.89. The molecule has 1 aromatic carbocycles. The van der Waals surface area contributed by atoms with Crippen LogP contribution in [0.5, 0.6) is 0 Å². The lowest BCUT2D eigenvalue weighted by molar-refractivity contribution is 0.610. The van der Waals surface area contributed by atoms with E-state index in [1.807, 2.05) is 64.6 Å². The van der Waals surface area contributed by atoms with E-state index < -0.39 is 0 Å². The summed E-state index contributed by atoms with van der Waals surface area (Å²) in [6, 6.07) is 12.1. The smallest absolute Gasteiger partial charge is 0.203 e. The van der Waals surface area contributed by atoms with Crippen LogP contribution in [0.4, 0.5) is 5.69 Å². The number of halogens is 1. The van der Waals surface area contributed by atoms with Crippen molar-refractivity contribution in [3.8, 4) is 11.5 Å². The molecule has 1 heterocycles. The maximum absolute atomic E-state index is 6.01. The lowest BCUT2D eigenvalue weighted by Gasteiger charge is -2.13. The second-order valence-corrected chi connectivity index (χ2v) is 5.31. The molecule has 116 valence electrons. The molecule has 1 aliphatic carbocycles. The molecule has 0 unspecified atom stereocenters. The molecule has 0 saturated carbocycles. The number of nitrogens with zero attached hydrogens (tertiary/aromatic N) is 3. The summed E-state index contributed by atoms with van der Waals surface area (Å²) in [7, 11) is 8.05. The second-order valence-electron chi connectivity index (χ2n) is 5.31. The summed E-state index contributed by atoms with van der Waals surface area (Å²) >= 11 is 4.64. The molecule has 0 bridgehead atoms. The zero-order valence-corrected chi connectivity index (χ0v) is 14.3. The molecule has 0 atom stereocenters. The minimum atomic E-state index is 0.805. The molecule has 4 nitrogen and oxygen atoms in total. The van der Waals surface area contributed by atoms with Gasteiger partial charge in [0.15, 0.2) is 11.3 Å². The van der Waals surface area contributed by atoms with Crippen LogP contribution in [0.25, 0.3) is 22.6 Å². The summed E-state index contributed by atoms with van der Waals surface area (Å²) in [4.78, 5) is 6.70. The van der Waals surface area contributed by atoms with E-state index in [9.17, 15) is 0 Å². The van der Waals surface area contributed by atoms with E-state index in [0.717, 1.165) is 33.6 Å². The van der Waals surface area contributed by atoms with E-state index in [2.05, 4.69) is 26.1 Å². The molecule has 0 N–H and O–H groups in total. The third kappa shape index (κ3) is 3.22. The number of hydrogen-bond acceptors (Lipinski definition) is 3. The van der Waals surface area contributed by atoms with Crippen molar-refractivity contribution in [1.82, 2.24) is 9.56 Å². The number of benzene rings is 2. The molecule has 0 saturated heterocycles. The van der Waals surface area contributed by atoms with Gasteiger partial charge in [0.25, 0.3) is 0 Å². The fourth-order valence-electron chi connectivity index (χ4n) is 2.16. The Morgan fingerprint density at radius 2 is 1.77 bits per heavy atom. The van der Waals surface area contributed by atoms with E-state index in [4.69, 9.17) is 4.42 Å². The third-order valence-corrected chi connectivity index (χ3v) is 3.38. The third-order valence-electron chi connectivity index (χ3n) is 3.38. The summed E-state index contributed by atoms with van der Waals surface area (Å²) in [5.74, 6) is 0.805. The summed E-state index contributed by atoms with van der Waals surface area (Å²) < 4.78 is 8.06. The highest BCUT2D eigenvalue weighted by molar-refractivity contribution is 6.15. The van der Waals surface area contributed by atoms with Gasteiger partial charge in [0.1, 0.15) is 25.3 Å². The molecule has 0 fully saturated rings. The number of alkyl halides is 1. The first-order chi connectivity index (χ1) is 10.5. The van der Waals surface area contributed by atoms with Gasteiger partial charge in [-0.1, -0.05) is 0 Å². The van der Waals surface area contributed by atoms with Gasteiger partial charge < -0.3 is 9.32 Å². The number of hydrogen-bond donors (Lipinski definition) is 0. The average Bonchev–Trinajstić information content (AvgIpc) is 2.53. The summed E-state index contributed by atoms with van der Waals surface area (Å²) in [6.07, 6.45) is 1.47. The van der Waals surface area contributed by atoms with E-state index in [1.54, 1.807) is 0 Å². The van der Waals surface area contributed by atoms with Crippen molar-refractivity contribution in [3.05, 3.63) is 41.8 Å². The minimum absolute atomic E-state index is 0.805. The number of anilines is 1. The first-order valence-corrected chi connectivity index (χ1v) is 7.70. The maximum Gasteiger partial charge on any atom is 0.203 e. The van der Waals surface area contributed by atoms with Crippen LogP contribution in [-0.4, -0.2) is 39.6 Å². The molecule has 1 aromatic rings. The van der Waals surface area contributed by atoms with Crippen LogP contribution < -0.4 is 14.8 Å². The van der Waals surface area contributed by atoms with E-state index in [1.165, 1.54) is 6.38 Å². The van der Waals surface area contributed by atoms with Crippen molar-refractivity contribution >= 4 is 28.4 Å².